The van der Waals surface area contributed by atoms with Gasteiger partial charge in [-0.2, -0.15) is 0 Å². The largest absolute Gasteiger partial charge is 0.456 e. The molecule has 0 bridgehead atoms. The Balaban J connectivity index is 2.56. The first-order valence-corrected chi connectivity index (χ1v) is 5.31. The maximum Gasteiger partial charge on any atom is 0.138 e. The highest BCUT2D eigenvalue weighted by Crippen LogP contribution is 2.31. The van der Waals surface area contributed by atoms with E-state index >= 15 is 0 Å². The molecule has 0 aliphatic carbocycles. The maximum absolute atomic E-state index is 13.4. The molecule has 1 heterocycles. The standard InChI is InChI=1S/C12H6BrFO/c13-9-6-12-8(5-10(9)14)7-3-1-2-4-11(7)15-12/h1-6H. The number of hydrogen-bond acceptors (Lipinski definition) is 1. The van der Waals surface area contributed by atoms with Crippen LogP contribution in [0.1, 0.15) is 0 Å². The highest BCUT2D eigenvalue weighted by atomic mass is 79.9. The molecule has 0 N–H and O–H groups in total. The lowest BCUT2D eigenvalue weighted by atomic mass is 10.1. The number of benzene rings is 2. The molecule has 0 fully saturated rings. The molecule has 3 aromatic rings. The van der Waals surface area contributed by atoms with Gasteiger partial charge in [0.1, 0.15) is 17.0 Å². The molecule has 3 heteroatoms. The lowest BCUT2D eigenvalue weighted by Gasteiger charge is -1.93. The number of furan rings is 1. The SMILES string of the molecule is Fc1cc2c(cc1Br)oc1ccccc12. The number of halogens is 2. The predicted octanol–water partition coefficient (Wildman–Crippen LogP) is 4.49. The maximum atomic E-state index is 13.4. The quantitative estimate of drug-likeness (QED) is 0.583. The van der Waals surface area contributed by atoms with Crippen LogP contribution in [-0.2, 0) is 0 Å². The first kappa shape index (κ1) is 8.92. The van der Waals surface area contributed by atoms with Crippen molar-refractivity contribution in [3.05, 3.63) is 46.7 Å². The molecule has 0 amide bonds. The zero-order valence-corrected chi connectivity index (χ0v) is 9.21. The Morgan fingerprint density at radius 3 is 2.67 bits per heavy atom. The molecule has 3 rings (SSSR count). The third-order valence-corrected chi connectivity index (χ3v) is 3.03. The summed E-state index contributed by atoms with van der Waals surface area (Å²) in [6, 6.07) is 10.8. The minimum absolute atomic E-state index is 0.269. The van der Waals surface area contributed by atoms with Crippen LogP contribution >= 0.6 is 15.9 Å². The van der Waals surface area contributed by atoms with Gasteiger partial charge in [-0.25, -0.2) is 4.39 Å². The van der Waals surface area contributed by atoms with Gasteiger partial charge in [0, 0.05) is 10.8 Å². The summed E-state index contributed by atoms with van der Waals surface area (Å²) < 4.78 is 19.4. The van der Waals surface area contributed by atoms with Crippen LogP contribution in [0.25, 0.3) is 21.9 Å². The molecule has 0 atom stereocenters. The fourth-order valence-electron chi connectivity index (χ4n) is 1.72. The summed E-state index contributed by atoms with van der Waals surface area (Å²) in [5.41, 5.74) is 1.48. The molecule has 74 valence electrons. The smallest absolute Gasteiger partial charge is 0.138 e. The average molecular weight is 265 g/mol. The third kappa shape index (κ3) is 1.27. The van der Waals surface area contributed by atoms with Crippen molar-refractivity contribution in [3.8, 4) is 0 Å². The predicted molar refractivity (Wildman–Crippen MR) is 61.4 cm³/mol. The van der Waals surface area contributed by atoms with E-state index in [0.29, 0.717) is 10.1 Å². The molecular weight excluding hydrogens is 259 g/mol. The Morgan fingerprint density at radius 2 is 1.80 bits per heavy atom. The Bertz CT molecular complexity index is 657. The molecule has 1 aromatic heterocycles. The van der Waals surface area contributed by atoms with Gasteiger partial charge in [0.15, 0.2) is 0 Å². The van der Waals surface area contributed by atoms with Crippen molar-refractivity contribution in [2.24, 2.45) is 0 Å². The zero-order chi connectivity index (χ0) is 10.4. The highest BCUT2D eigenvalue weighted by molar-refractivity contribution is 9.10. The summed E-state index contributed by atoms with van der Waals surface area (Å²) in [4.78, 5) is 0. The van der Waals surface area contributed by atoms with Crippen LogP contribution < -0.4 is 0 Å². The first-order valence-electron chi connectivity index (χ1n) is 4.52. The van der Waals surface area contributed by atoms with E-state index in [0.717, 1.165) is 16.4 Å². The monoisotopic (exact) mass is 264 g/mol. The number of rotatable bonds is 0. The Kier molecular flexibility index (Phi) is 1.83. The second-order valence-electron chi connectivity index (χ2n) is 3.36. The van der Waals surface area contributed by atoms with Gasteiger partial charge in [0.2, 0.25) is 0 Å². The van der Waals surface area contributed by atoms with E-state index in [1.807, 2.05) is 24.3 Å². The second-order valence-corrected chi connectivity index (χ2v) is 4.22. The van der Waals surface area contributed by atoms with Crippen LogP contribution in [0.2, 0.25) is 0 Å². The normalized spacial score (nSPS) is 11.3. The van der Waals surface area contributed by atoms with Crippen molar-refractivity contribution >= 4 is 37.9 Å². The second kappa shape index (κ2) is 3.07. The van der Waals surface area contributed by atoms with Crippen LogP contribution in [0.4, 0.5) is 4.39 Å². The Hall–Kier alpha value is -1.35. The fourth-order valence-corrected chi connectivity index (χ4v) is 2.04. The molecule has 0 spiro atoms. The van der Waals surface area contributed by atoms with Crippen LogP contribution in [-0.4, -0.2) is 0 Å². The molecule has 2 aromatic carbocycles. The minimum Gasteiger partial charge on any atom is -0.456 e. The van der Waals surface area contributed by atoms with E-state index in [9.17, 15) is 4.39 Å². The summed E-state index contributed by atoms with van der Waals surface area (Å²) >= 11 is 3.14. The summed E-state index contributed by atoms with van der Waals surface area (Å²) in [6.07, 6.45) is 0. The number of hydrogen-bond donors (Lipinski definition) is 0. The van der Waals surface area contributed by atoms with Gasteiger partial charge in [-0.1, -0.05) is 18.2 Å². The third-order valence-electron chi connectivity index (χ3n) is 2.42. The van der Waals surface area contributed by atoms with Crippen LogP contribution in [0.3, 0.4) is 0 Å². The van der Waals surface area contributed by atoms with E-state index in [1.54, 1.807) is 6.07 Å². The van der Waals surface area contributed by atoms with Crippen LogP contribution in [0.5, 0.6) is 0 Å². The Morgan fingerprint density at radius 1 is 1.00 bits per heavy atom. The molecule has 0 saturated heterocycles. The van der Waals surface area contributed by atoms with Crippen LogP contribution in [0, 0.1) is 5.82 Å². The number of fused-ring (bicyclic) bond motifs is 3. The zero-order valence-electron chi connectivity index (χ0n) is 7.63. The molecule has 0 aliphatic heterocycles. The van der Waals surface area contributed by atoms with E-state index in [1.165, 1.54) is 6.07 Å². The average Bonchev–Trinajstić information content (AvgIpc) is 2.57. The molecular formula is C12H6BrFO. The van der Waals surface area contributed by atoms with Crippen molar-refractivity contribution in [1.29, 1.82) is 0 Å². The Labute approximate surface area is 93.6 Å². The fraction of sp³-hybridized carbons (Fsp3) is 0. The van der Waals surface area contributed by atoms with E-state index in [4.69, 9.17) is 4.42 Å². The van der Waals surface area contributed by atoms with Gasteiger partial charge < -0.3 is 4.42 Å². The molecule has 1 nitrogen and oxygen atoms in total. The van der Waals surface area contributed by atoms with Gasteiger partial charge in [-0.3, -0.25) is 0 Å². The molecule has 0 unspecified atom stereocenters. The van der Waals surface area contributed by atoms with Gasteiger partial charge in [0.25, 0.3) is 0 Å². The van der Waals surface area contributed by atoms with Crippen molar-refractivity contribution < 1.29 is 8.81 Å². The summed E-state index contributed by atoms with van der Waals surface area (Å²) in [5.74, 6) is -0.269. The molecule has 15 heavy (non-hydrogen) atoms. The van der Waals surface area contributed by atoms with Gasteiger partial charge in [-0.05, 0) is 34.1 Å². The first-order chi connectivity index (χ1) is 7.25. The highest BCUT2D eigenvalue weighted by Gasteiger charge is 2.09. The van der Waals surface area contributed by atoms with Gasteiger partial charge in [0.05, 0.1) is 4.47 Å². The summed E-state index contributed by atoms with van der Waals surface area (Å²) in [7, 11) is 0. The minimum atomic E-state index is -0.269. The van der Waals surface area contributed by atoms with Gasteiger partial charge in [-0.15, -0.1) is 0 Å². The van der Waals surface area contributed by atoms with E-state index in [-0.39, 0.29) is 5.82 Å². The molecule has 0 saturated carbocycles. The van der Waals surface area contributed by atoms with Crippen molar-refractivity contribution in [2.45, 2.75) is 0 Å². The lowest BCUT2D eigenvalue weighted by Crippen LogP contribution is -1.75. The number of para-hydroxylation sites is 1. The topological polar surface area (TPSA) is 13.1 Å². The van der Waals surface area contributed by atoms with Crippen molar-refractivity contribution in [3.63, 3.8) is 0 Å². The van der Waals surface area contributed by atoms with E-state index in [2.05, 4.69) is 15.9 Å². The van der Waals surface area contributed by atoms with Gasteiger partial charge >= 0.3 is 0 Å². The van der Waals surface area contributed by atoms with Crippen molar-refractivity contribution in [1.82, 2.24) is 0 Å². The molecule has 0 radical (unpaired) electrons. The van der Waals surface area contributed by atoms with Crippen molar-refractivity contribution in [2.75, 3.05) is 0 Å². The summed E-state index contributed by atoms with van der Waals surface area (Å²) in [6.45, 7) is 0. The summed E-state index contributed by atoms with van der Waals surface area (Å²) in [5, 5.41) is 1.75. The van der Waals surface area contributed by atoms with Crippen LogP contribution in [0.15, 0.2) is 45.3 Å². The lowest BCUT2D eigenvalue weighted by molar-refractivity contribution is 0.619. The van der Waals surface area contributed by atoms with E-state index < -0.39 is 0 Å². The molecule has 0 aliphatic rings.